The van der Waals surface area contributed by atoms with Gasteiger partial charge in [0, 0.05) is 18.9 Å². The molecule has 0 unspecified atom stereocenters. The number of aliphatic hydroxyl groups is 2. The Bertz CT molecular complexity index is 942. The van der Waals surface area contributed by atoms with Crippen molar-refractivity contribution in [2.75, 3.05) is 45.0 Å². The highest BCUT2D eigenvalue weighted by atomic mass is 16.5. The zero-order valence-corrected chi connectivity index (χ0v) is 37.1. The van der Waals surface area contributed by atoms with E-state index in [1.807, 2.05) is 12.1 Å². The Morgan fingerprint density at radius 1 is 0.536 bits per heavy atom. The predicted octanol–water partition coefficient (Wildman–Crippen LogP) is 13.9. The van der Waals surface area contributed by atoms with Crippen LogP contribution in [0.1, 0.15) is 219 Å². The topological polar surface area (TPSA) is 101 Å². The summed E-state index contributed by atoms with van der Waals surface area (Å²) >= 11 is 0. The summed E-state index contributed by atoms with van der Waals surface area (Å²) in [7, 11) is 0. The van der Waals surface area contributed by atoms with E-state index < -0.39 is 0 Å². The summed E-state index contributed by atoms with van der Waals surface area (Å²) in [6.07, 6.45) is 44.2. The van der Waals surface area contributed by atoms with Crippen molar-refractivity contribution in [3.05, 3.63) is 35.7 Å². The Morgan fingerprint density at radius 3 is 1.23 bits per heavy atom. The molecule has 0 saturated carbocycles. The molecule has 5 N–H and O–H groups in total. The molecule has 7 nitrogen and oxygen atoms in total. The van der Waals surface area contributed by atoms with Crippen molar-refractivity contribution in [3.63, 3.8) is 0 Å². The van der Waals surface area contributed by atoms with E-state index in [2.05, 4.69) is 24.0 Å². The molecule has 328 valence electrons. The number of aliphatic hydroxyl groups excluding tert-OH is 2. The molecule has 0 aliphatic rings. The zero-order chi connectivity index (χ0) is 40.8. The Kier molecular flexibility index (Phi) is 44.6. The third kappa shape index (κ3) is 40.5. The van der Waals surface area contributed by atoms with Crippen molar-refractivity contribution in [1.29, 1.82) is 0 Å². The van der Waals surface area contributed by atoms with Crippen LogP contribution in [0.4, 0.5) is 11.4 Å². The molecule has 1 rings (SSSR count). The van der Waals surface area contributed by atoms with Crippen LogP contribution in [-0.4, -0.2) is 61.9 Å². The van der Waals surface area contributed by atoms with Gasteiger partial charge in [-0.05, 0) is 25.0 Å². The second kappa shape index (κ2) is 46.0. The summed E-state index contributed by atoms with van der Waals surface area (Å²) in [5.41, 5.74) is 7.02. The van der Waals surface area contributed by atoms with Crippen LogP contribution in [0.25, 0.3) is 4.85 Å². The molecule has 0 aliphatic carbocycles. The van der Waals surface area contributed by atoms with Crippen molar-refractivity contribution in [3.8, 4) is 0 Å². The summed E-state index contributed by atoms with van der Waals surface area (Å²) in [5, 5.41) is 21.6. The number of nitrogens with two attached hydrogens (primary N) is 1. The lowest BCUT2D eigenvalue weighted by molar-refractivity contribution is 0.0980. The molecule has 0 aliphatic heterocycles. The quantitative estimate of drug-likeness (QED) is 0.0389. The second-order valence-corrected chi connectivity index (χ2v) is 16.4. The molecule has 0 fully saturated rings. The van der Waals surface area contributed by atoms with Crippen LogP contribution in [0.5, 0.6) is 0 Å². The normalized spacial score (nSPS) is 12.2. The van der Waals surface area contributed by atoms with Crippen molar-refractivity contribution < 1.29 is 19.7 Å². The van der Waals surface area contributed by atoms with Crippen molar-refractivity contribution >= 4 is 11.4 Å². The first kappa shape index (κ1) is 54.3. The first-order chi connectivity index (χ1) is 27.6. The van der Waals surface area contributed by atoms with Crippen LogP contribution in [0.3, 0.4) is 0 Å². The summed E-state index contributed by atoms with van der Waals surface area (Å²) in [5.74, 6) is 0. The standard InChI is InChI=1S/C28H48N2O2.C21H45NO2/c1-3-4-5-6-7-8-9-10-11-12-13-14-15-16-17-18-22-32-25-28(24-31)30-27-21-19-20-26(23-27)29-2;1-2-3-4-5-6-7-8-9-10-11-12-13-14-15-16-17-18-24-20-21(22)19-23/h19-21,23,28,30-31H,3-18,22,24-25H2,1H3;21,23H,2-20,22H2,1H3/t28-;21-/m00/s1. The predicted molar refractivity (Wildman–Crippen MR) is 243 cm³/mol. The summed E-state index contributed by atoms with van der Waals surface area (Å²) in [6.45, 7) is 14.2. The molecule has 0 spiro atoms. The maximum Gasteiger partial charge on any atom is 0.189 e. The molecule has 56 heavy (non-hydrogen) atoms. The van der Waals surface area contributed by atoms with Crippen LogP contribution in [0, 0.1) is 6.57 Å². The Labute approximate surface area is 347 Å². The highest BCUT2D eigenvalue weighted by molar-refractivity contribution is 5.57. The highest BCUT2D eigenvalue weighted by Crippen LogP contribution is 2.19. The maximum absolute atomic E-state index is 9.55. The number of nitrogens with zero attached hydrogens (tertiary/aromatic N) is 1. The molecule has 0 saturated heterocycles. The lowest BCUT2D eigenvalue weighted by atomic mass is 10.0. The molecule has 1 aromatic rings. The number of hydrogen-bond donors (Lipinski definition) is 4. The number of nitrogens with one attached hydrogen (secondary N) is 1. The van der Waals surface area contributed by atoms with Gasteiger partial charge in [0.2, 0.25) is 0 Å². The van der Waals surface area contributed by atoms with Gasteiger partial charge in [-0.15, -0.1) is 0 Å². The monoisotopic (exact) mass is 788 g/mol. The van der Waals surface area contributed by atoms with Gasteiger partial charge in [0.25, 0.3) is 0 Å². The Morgan fingerprint density at radius 2 is 0.893 bits per heavy atom. The number of ether oxygens (including phenoxy) is 2. The van der Waals surface area contributed by atoms with Crippen LogP contribution in [0.15, 0.2) is 24.3 Å². The van der Waals surface area contributed by atoms with Gasteiger partial charge >= 0.3 is 0 Å². The van der Waals surface area contributed by atoms with E-state index in [4.69, 9.17) is 26.9 Å². The number of rotatable bonds is 42. The molecule has 7 heteroatoms. The molecule has 0 aromatic heterocycles. The van der Waals surface area contributed by atoms with E-state index in [0.29, 0.717) is 18.9 Å². The molecular formula is C49H93N3O4. The van der Waals surface area contributed by atoms with Crippen LogP contribution < -0.4 is 11.1 Å². The van der Waals surface area contributed by atoms with Gasteiger partial charge in [-0.25, -0.2) is 4.85 Å². The summed E-state index contributed by atoms with van der Waals surface area (Å²) in [6, 6.07) is 6.97. The minimum atomic E-state index is -0.217. The number of hydrogen-bond acceptors (Lipinski definition) is 6. The fourth-order valence-corrected chi connectivity index (χ4v) is 7.06. The van der Waals surface area contributed by atoms with E-state index in [-0.39, 0.29) is 25.3 Å². The van der Waals surface area contributed by atoms with Crippen molar-refractivity contribution in [2.45, 2.75) is 231 Å². The first-order valence-corrected chi connectivity index (χ1v) is 24.0. The van der Waals surface area contributed by atoms with Crippen LogP contribution >= 0.6 is 0 Å². The number of anilines is 1. The molecule has 0 amide bonds. The zero-order valence-electron chi connectivity index (χ0n) is 37.1. The van der Waals surface area contributed by atoms with Gasteiger partial charge in [-0.2, -0.15) is 0 Å². The maximum atomic E-state index is 9.55. The summed E-state index contributed by atoms with van der Waals surface area (Å²) in [4.78, 5) is 3.43. The van der Waals surface area contributed by atoms with Gasteiger partial charge in [-0.1, -0.05) is 219 Å². The smallest absolute Gasteiger partial charge is 0.189 e. The molecule has 1 aromatic carbocycles. The fourth-order valence-electron chi connectivity index (χ4n) is 7.06. The van der Waals surface area contributed by atoms with Gasteiger partial charge < -0.3 is 30.7 Å². The van der Waals surface area contributed by atoms with Gasteiger partial charge in [0.1, 0.15) is 0 Å². The lowest BCUT2D eigenvalue weighted by Crippen LogP contribution is -2.30. The third-order valence-electron chi connectivity index (χ3n) is 10.7. The SMILES string of the molecule is CCCCCCCCCCCCCCCCCCOC[C@@H](N)CO.[C-]#[N+]c1cccc(N[C@@H](CO)COCCCCCCCCCCCCCCCCCC)c1. The van der Waals surface area contributed by atoms with Gasteiger partial charge in [0.05, 0.1) is 45.1 Å². The van der Waals surface area contributed by atoms with Gasteiger partial charge in [-0.3, -0.25) is 0 Å². The largest absolute Gasteiger partial charge is 0.395 e. The molecule has 0 heterocycles. The minimum Gasteiger partial charge on any atom is -0.395 e. The van der Waals surface area contributed by atoms with Crippen molar-refractivity contribution in [2.24, 2.45) is 5.73 Å². The van der Waals surface area contributed by atoms with Gasteiger partial charge in [0.15, 0.2) is 5.69 Å². The third-order valence-corrected chi connectivity index (χ3v) is 10.7. The van der Waals surface area contributed by atoms with E-state index in [1.54, 1.807) is 12.1 Å². The van der Waals surface area contributed by atoms with Crippen molar-refractivity contribution in [1.82, 2.24) is 0 Å². The molecular weight excluding hydrogens is 695 g/mol. The van der Waals surface area contributed by atoms with Crippen LogP contribution in [0.2, 0.25) is 0 Å². The lowest BCUT2D eigenvalue weighted by Gasteiger charge is -2.18. The van der Waals surface area contributed by atoms with E-state index >= 15 is 0 Å². The second-order valence-electron chi connectivity index (χ2n) is 16.4. The molecule has 2 atom stereocenters. The summed E-state index contributed by atoms with van der Waals surface area (Å²) < 4.78 is 11.2. The fraction of sp³-hybridized carbons (Fsp3) is 0.857. The van der Waals surface area contributed by atoms with E-state index in [9.17, 15) is 5.11 Å². The average Bonchev–Trinajstić information content (AvgIpc) is 3.22. The minimum absolute atomic E-state index is 0.0129. The number of benzene rings is 1. The molecule has 0 bridgehead atoms. The highest BCUT2D eigenvalue weighted by Gasteiger charge is 2.08. The first-order valence-electron chi connectivity index (χ1n) is 24.0. The van der Waals surface area contributed by atoms with Crippen LogP contribution in [-0.2, 0) is 9.47 Å². The van der Waals surface area contributed by atoms with E-state index in [0.717, 1.165) is 31.7 Å². The average molecular weight is 788 g/mol. The number of unbranched alkanes of at least 4 members (excludes halogenated alkanes) is 30. The Hall–Kier alpha value is -1.69. The molecule has 0 radical (unpaired) electrons. The Balaban J connectivity index is 0.00000113. The van der Waals surface area contributed by atoms with E-state index in [1.165, 1.54) is 193 Å².